The molecule has 2 unspecified atom stereocenters. The molecule has 1 saturated heterocycles. The fourth-order valence-corrected chi connectivity index (χ4v) is 5.96. The van der Waals surface area contributed by atoms with E-state index in [1.807, 2.05) is 0 Å². The zero-order valence-electron chi connectivity index (χ0n) is 18.0. The van der Waals surface area contributed by atoms with E-state index in [4.69, 9.17) is 5.11 Å². The van der Waals surface area contributed by atoms with Gasteiger partial charge in [-0.25, -0.2) is 19.5 Å². The Morgan fingerprint density at radius 2 is 1.78 bits per heavy atom. The number of aromatic carboxylic acids is 1. The van der Waals surface area contributed by atoms with Gasteiger partial charge in [-0.05, 0) is 24.7 Å². The minimum atomic E-state index is -1.18. The van der Waals surface area contributed by atoms with Crippen LogP contribution in [0, 0.1) is 11.8 Å². The second-order valence-corrected chi connectivity index (χ2v) is 10.0. The Balaban J connectivity index is 1.49. The van der Waals surface area contributed by atoms with Crippen LogP contribution in [0.15, 0.2) is 5.38 Å². The van der Waals surface area contributed by atoms with Crippen LogP contribution in [0.1, 0.15) is 81.1 Å². The lowest BCUT2D eigenvalue weighted by molar-refractivity contribution is -0.134. The number of rotatable bonds is 8. The van der Waals surface area contributed by atoms with Gasteiger partial charge < -0.3 is 15.7 Å². The molecule has 174 valence electrons. The molecule has 0 aromatic carbocycles. The second-order valence-electron chi connectivity index (χ2n) is 9.18. The Morgan fingerprint density at radius 1 is 1.12 bits per heavy atom. The normalized spacial score (nSPS) is 23.4. The lowest BCUT2D eigenvalue weighted by Crippen LogP contribution is -2.48. The van der Waals surface area contributed by atoms with Crippen molar-refractivity contribution in [2.24, 2.45) is 11.8 Å². The molecule has 1 aromatic heterocycles. The average Bonchev–Trinajstić information content (AvgIpc) is 3.50. The van der Waals surface area contributed by atoms with Crippen molar-refractivity contribution < 1.29 is 24.3 Å². The Labute approximate surface area is 191 Å². The first-order chi connectivity index (χ1) is 15.4. The standard InChI is InChI=1S/C22H30N4O5S/c27-18(25-21-23-16(12-32-21)20(29)30)17(11-14-8-4-5-9-14)26-19(28)15(24-22(26)31)10-13-6-2-1-3-7-13/h12-15,17H,1-11H2,(H,24,31)(H,29,30)(H,23,25,27). The average molecular weight is 463 g/mol. The molecule has 1 aliphatic heterocycles. The summed E-state index contributed by atoms with van der Waals surface area (Å²) in [5.41, 5.74) is -0.153. The molecule has 4 rings (SSSR count). The highest BCUT2D eigenvalue weighted by Crippen LogP contribution is 2.33. The molecule has 3 N–H and O–H groups in total. The van der Waals surface area contributed by atoms with E-state index in [1.165, 1.54) is 11.8 Å². The molecule has 32 heavy (non-hydrogen) atoms. The number of nitrogens with one attached hydrogen (secondary N) is 2. The van der Waals surface area contributed by atoms with Crippen LogP contribution in [0.5, 0.6) is 0 Å². The smallest absolute Gasteiger partial charge is 0.355 e. The summed E-state index contributed by atoms with van der Waals surface area (Å²) in [6, 6.07) is -2.03. The van der Waals surface area contributed by atoms with E-state index in [-0.39, 0.29) is 22.7 Å². The maximum atomic E-state index is 13.2. The van der Waals surface area contributed by atoms with Crippen molar-refractivity contribution in [1.29, 1.82) is 0 Å². The molecule has 10 heteroatoms. The molecule has 3 fully saturated rings. The summed E-state index contributed by atoms with van der Waals surface area (Å²) in [4.78, 5) is 55.3. The van der Waals surface area contributed by atoms with Crippen molar-refractivity contribution in [3.63, 3.8) is 0 Å². The predicted molar refractivity (Wildman–Crippen MR) is 118 cm³/mol. The summed E-state index contributed by atoms with van der Waals surface area (Å²) in [6.07, 6.45) is 10.8. The van der Waals surface area contributed by atoms with Crippen LogP contribution >= 0.6 is 11.3 Å². The first-order valence-corrected chi connectivity index (χ1v) is 12.4. The van der Waals surface area contributed by atoms with E-state index in [1.54, 1.807) is 0 Å². The van der Waals surface area contributed by atoms with E-state index in [0.717, 1.165) is 67.6 Å². The van der Waals surface area contributed by atoms with Gasteiger partial charge in [-0.3, -0.25) is 9.59 Å². The highest BCUT2D eigenvalue weighted by Gasteiger charge is 2.46. The number of nitrogens with zero attached hydrogens (tertiary/aromatic N) is 2. The van der Waals surface area contributed by atoms with Crippen molar-refractivity contribution in [2.45, 2.75) is 82.7 Å². The van der Waals surface area contributed by atoms with Gasteiger partial charge in [0.2, 0.25) is 5.91 Å². The van der Waals surface area contributed by atoms with Crippen LogP contribution in [0.25, 0.3) is 0 Å². The Hall–Kier alpha value is -2.49. The molecular weight excluding hydrogens is 432 g/mol. The molecule has 0 radical (unpaired) electrons. The van der Waals surface area contributed by atoms with Crippen LogP contribution < -0.4 is 10.6 Å². The van der Waals surface area contributed by atoms with E-state index in [9.17, 15) is 19.2 Å². The van der Waals surface area contributed by atoms with Crippen molar-refractivity contribution in [3.8, 4) is 0 Å². The quantitative estimate of drug-likeness (QED) is 0.506. The number of anilines is 1. The molecule has 0 spiro atoms. The number of carboxylic acid groups (broad SMARTS) is 1. The third kappa shape index (κ3) is 5.11. The molecule has 2 saturated carbocycles. The van der Waals surface area contributed by atoms with Crippen LogP contribution in [-0.2, 0) is 9.59 Å². The second kappa shape index (κ2) is 9.97. The van der Waals surface area contributed by atoms with Crippen molar-refractivity contribution >= 4 is 40.3 Å². The Bertz CT molecular complexity index is 875. The van der Waals surface area contributed by atoms with Crippen LogP contribution in [-0.4, -0.2) is 50.9 Å². The predicted octanol–water partition coefficient (Wildman–Crippen LogP) is 3.62. The maximum Gasteiger partial charge on any atom is 0.355 e. The first kappa shape index (κ1) is 22.7. The van der Waals surface area contributed by atoms with Gasteiger partial charge in [0.15, 0.2) is 10.8 Å². The number of thiazole rings is 1. The fourth-order valence-electron chi connectivity index (χ4n) is 5.27. The van der Waals surface area contributed by atoms with Crippen molar-refractivity contribution in [3.05, 3.63) is 11.1 Å². The molecule has 2 aliphatic carbocycles. The number of aromatic nitrogens is 1. The van der Waals surface area contributed by atoms with Crippen molar-refractivity contribution in [1.82, 2.24) is 15.2 Å². The third-order valence-electron chi connectivity index (χ3n) is 6.94. The molecule has 1 aromatic rings. The molecule has 3 aliphatic rings. The molecule has 9 nitrogen and oxygen atoms in total. The van der Waals surface area contributed by atoms with Gasteiger partial charge in [0.05, 0.1) is 0 Å². The van der Waals surface area contributed by atoms with E-state index in [2.05, 4.69) is 15.6 Å². The SMILES string of the molecule is O=C(O)c1csc(NC(=O)C(CC2CCCC2)N2C(=O)NC(CC3CCCCC3)C2=O)n1. The summed E-state index contributed by atoms with van der Waals surface area (Å²) in [5, 5.41) is 16.0. The zero-order chi connectivity index (χ0) is 22.7. The molecular formula is C22H30N4O5S. The lowest BCUT2D eigenvalue weighted by atomic mass is 9.85. The van der Waals surface area contributed by atoms with Crippen molar-refractivity contribution in [2.75, 3.05) is 5.32 Å². The van der Waals surface area contributed by atoms with Gasteiger partial charge in [0.1, 0.15) is 12.1 Å². The lowest BCUT2D eigenvalue weighted by Gasteiger charge is -2.27. The van der Waals surface area contributed by atoms with Gasteiger partial charge in [0, 0.05) is 5.38 Å². The number of imide groups is 1. The number of carbonyl (C=O) groups excluding carboxylic acids is 3. The largest absolute Gasteiger partial charge is 0.476 e. The molecule has 2 heterocycles. The van der Waals surface area contributed by atoms with Gasteiger partial charge in [-0.2, -0.15) is 0 Å². The van der Waals surface area contributed by atoms with Gasteiger partial charge in [0.25, 0.3) is 5.91 Å². The fraction of sp³-hybridized carbons (Fsp3) is 0.682. The number of carboxylic acids is 1. The number of amides is 4. The molecule has 4 amide bonds. The minimum absolute atomic E-state index is 0.148. The van der Waals surface area contributed by atoms with Gasteiger partial charge in [-0.1, -0.05) is 57.8 Å². The number of hydrogen-bond donors (Lipinski definition) is 3. The Morgan fingerprint density at radius 3 is 2.44 bits per heavy atom. The van der Waals surface area contributed by atoms with E-state index >= 15 is 0 Å². The summed E-state index contributed by atoms with van der Waals surface area (Å²) < 4.78 is 0. The first-order valence-electron chi connectivity index (χ1n) is 11.6. The summed E-state index contributed by atoms with van der Waals surface area (Å²) in [5.74, 6) is -1.31. The summed E-state index contributed by atoms with van der Waals surface area (Å²) in [6.45, 7) is 0. The monoisotopic (exact) mass is 462 g/mol. The maximum absolute atomic E-state index is 13.2. The minimum Gasteiger partial charge on any atom is -0.476 e. The third-order valence-corrected chi connectivity index (χ3v) is 7.70. The topological polar surface area (TPSA) is 129 Å². The van der Waals surface area contributed by atoms with Crippen LogP contribution in [0.4, 0.5) is 9.93 Å². The van der Waals surface area contributed by atoms with Gasteiger partial charge >= 0.3 is 12.0 Å². The van der Waals surface area contributed by atoms with Gasteiger partial charge in [-0.15, -0.1) is 11.3 Å². The van der Waals surface area contributed by atoms with Crippen LogP contribution in [0.3, 0.4) is 0 Å². The highest BCUT2D eigenvalue weighted by molar-refractivity contribution is 7.14. The zero-order valence-corrected chi connectivity index (χ0v) is 18.9. The number of hydrogen-bond acceptors (Lipinski definition) is 6. The van der Waals surface area contributed by atoms with Crippen LogP contribution in [0.2, 0.25) is 0 Å². The number of urea groups is 1. The highest BCUT2D eigenvalue weighted by atomic mass is 32.1. The summed E-state index contributed by atoms with van der Waals surface area (Å²) in [7, 11) is 0. The van der Waals surface area contributed by atoms with E-state index < -0.39 is 30.0 Å². The van der Waals surface area contributed by atoms with E-state index in [0.29, 0.717) is 18.8 Å². The molecule has 2 atom stereocenters. The Kier molecular flexibility index (Phi) is 7.07. The molecule has 0 bridgehead atoms. The summed E-state index contributed by atoms with van der Waals surface area (Å²) >= 11 is 1.01. The number of carbonyl (C=O) groups is 4.